The second-order valence-corrected chi connectivity index (χ2v) is 6.90. The summed E-state index contributed by atoms with van der Waals surface area (Å²) in [5.74, 6) is 2.91. The van der Waals surface area contributed by atoms with Crippen LogP contribution in [0.2, 0.25) is 0 Å². The lowest BCUT2D eigenvalue weighted by molar-refractivity contribution is 0.214. The molecular formula is C16H27N3O. The Bertz CT molecular complexity index is 407. The van der Waals surface area contributed by atoms with E-state index in [-0.39, 0.29) is 0 Å². The molecule has 0 aliphatic heterocycles. The smallest absolute Gasteiger partial charge is 0.151 e. The second kappa shape index (κ2) is 6.27. The molecule has 1 aromatic heterocycles. The van der Waals surface area contributed by atoms with Crippen LogP contribution in [0.15, 0.2) is 10.6 Å². The summed E-state index contributed by atoms with van der Waals surface area (Å²) in [4.78, 5) is 2.58. The van der Waals surface area contributed by atoms with Crippen LogP contribution >= 0.6 is 0 Å². The number of rotatable bonds is 9. The first-order chi connectivity index (χ1) is 9.69. The van der Waals surface area contributed by atoms with E-state index in [4.69, 9.17) is 4.52 Å². The van der Waals surface area contributed by atoms with Gasteiger partial charge < -0.3 is 9.84 Å². The molecule has 2 fully saturated rings. The fourth-order valence-electron chi connectivity index (χ4n) is 2.58. The van der Waals surface area contributed by atoms with Gasteiger partial charge in [0.1, 0.15) is 0 Å². The fourth-order valence-corrected chi connectivity index (χ4v) is 2.58. The quantitative estimate of drug-likeness (QED) is 0.753. The molecule has 0 aromatic carbocycles. The number of hydrogen-bond acceptors (Lipinski definition) is 4. The van der Waals surface area contributed by atoms with Crippen molar-refractivity contribution in [3.8, 4) is 0 Å². The first kappa shape index (κ1) is 14.1. The van der Waals surface area contributed by atoms with Crippen LogP contribution in [0.25, 0.3) is 0 Å². The van der Waals surface area contributed by atoms with Gasteiger partial charge in [0, 0.05) is 31.7 Å². The zero-order valence-corrected chi connectivity index (χ0v) is 12.8. The van der Waals surface area contributed by atoms with E-state index in [1.54, 1.807) is 0 Å². The van der Waals surface area contributed by atoms with Gasteiger partial charge in [0.2, 0.25) is 0 Å². The Kier molecular flexibility index (Phi) is 4.41. The zero-order valence-electron chi connectivity index (χ0n) is 12.8. The maximum Gasteiger partial charge on any atom is 0.151 e. The molecule has 4 heteroatoms. The van der Waals surface area contributed by atoms with Crippen molar-refractivity contribution in [3.63, 3.8) is 0 Å². The highest BCUT2D eigenvalue weighted by atomic mass is 16.5. The summed E-state index contributed by atoms with van der Waals surface area (Å²) >= 11 is 0. The van der Waals surface area contributed by atoms with E-state index in [0.29, 0.717) is 6.04 Å². The molecule has 2 aliphatic rings. The molecule has 0 atom stereocenters. The summed E-state index contributed by atoms with van der Waals surface area (Å²) < 4.78 is 5.50. The molecule has 2 saturated carbocycles. The summed E-state index contributed by atoms with van der Waals surface area (Å²) in [7, 11) is 0. The first-order valence-corrected chi connectivity index (χ1v) is 8.09. The molecule has 0 radical (unpaired) electrons. The van der Waals surface area contributed by atoms with Crippen LogP contribution in [0, 0.1) is 11.8 Å². The third-order valence-corrected chi connectivity index (χ3v) is 4.11. The van der Waals surface area contributed by atoms with Gasteiger partial charge in [0.15, 0.2) is 5.76 Å². The standard InChI is InChI=1S/C16H27N3O/c1-12(2)17-8-15-7-16(20-18-15)11-19(9-13-3-4-13)10-14-5-6-14/h7,12-14,17H,3-6,8-11H2,1-2H3. The minimum Gasteiger partial charge on any atom is -0.360 e. The predicted octanol–water partition coefficient (Wildman–Crippen LogP) is 2.79. The lowest BCUT2D eigenvalue weighted by Crippen LogP contribution is -2.27. The van der Waals surface area contributed by atoms with Crippen molar-refractivity contribution in [2.24, 2.45) is 11.8 Å². The van der Waals surface area contributed by atoms with Crippen LogP contribution in [0.1, 0.15) is 51.0 Å². The van der Waals surface area contributed by atoms with Gasteiger partial charge in [0.05, 0.1) is 12.2 Å². The van der Waals surface area contributed by atoms with Gasteiger partial charge in [-0.05, 0) is 37.5 Å². The minimum atomic E-state index is 0.483. The Morgan fingerprint density at radius 2 is 1.90 bits per heavy atom. The maximum absolute atomic E-state index is 5.50. The van der Waals surface area contributed by atoms with Crippen molar-refractivity contribution in [1.82, 2.24) is 15.4 Å². The maximum atomic E-state index is 5.50. The summed E-state index contributed by atoms with van der Waals surface area (Å²) in [6.07, 6.45) is 5.67. The van der Waals surface area contributed by atoms with Gasteiger partial charge in [-0.1, -0.05) is 19.0 Å². The molecule has 1 aromatic rings. The Labute approximate surface area is 121 Å². The van der Waals surface area contributed by atoms with E-state index in [2.05, 4.69) is 35.3 Å². The summed E-state index contributed by atoms with van der Waals surface area (Å²) in [5.41, 5.74) is 1.02. The van der Waals surface area contributed by atoms with E-state index in [1.165, 1.54) is 38.8 Å². The SMILES string of the molecule is CC(C)NCc1cc(CN(CC2CC2)CC2CC2)on1. The van der Waals surface area contributed by atoms with E-state index in [0.717, 1.165) is 36.4 Å². The average Bonchev–Trinajstić information content (AvgIpc) is 3.31. The normalized spacial score (nSPS) is 19.2. The highest BCUT2D eigenvalue weighted by Gasteiger charge is 2.29. The molecule has 0 spiro atoms. The Morgan fingerprint density at radius 1 is 1.25 bits per heavy atom. The highest BCUT2D eigenvalue weighted by molar-refractivity contribution is 5.05. The van der Waals surface area contributed by atoms with Crippen LogP contribution in [-0.4, -0.2) is 29.2 Å². The molecular weight excluding hydrogens is 250 g/mol. The summed E-state index contributed by atoms with van der Waals surface area (Å²) in [6.45, 7) is 8.52. The topological polar surface area (TPSA) is 41.3 Å². The molecule has 112 valence electrons. The van der Waals surface area contributed by atoms with E-state index in [1.807, 2.05) is 0 Å². The molecule has 0 saturated heterocycles. The van der Waals surface area contributed by atoms with Gasteiger partial charge in [0.25, 0.3) is 0 Å². The van der Waals surface area contributed by atoms with Crippen LogP contribution in [0.3, 0.4) is 0 Å². The van der Waals surface area contributed by atoms with Crippen LogP contribution in [-0.2, 0) is 13.1 Å². The molecule has 4 nitrogen and oxygen atoms in total. The van der Waals surface area contributed by atoms with E-state index in [9.17, 15) is 0 Å². The first-order valence-electron chi connectivity index (χ1n) is 8.09. The zero-order chi connectivity index (χ0) is 13.9. The number of hydrogen-bond donors (Lipinski definition) is 1. The lowest BCUT2D eigenvalue weighted by atomic mass is 10.2. The average molecular weight is 277 g/mol. The second-order valence-electron chi connectivity index (χ2n) is 6.90. The predicted molar refractivity (Wildman–Crippen MR) is 79.2 cm³/mol. The Balaban J connectivity index is 1.50. The van der Waals surface area contributed by atoms with Crippen molar-refractivity contribution in [2.45, 2.75) is 58.7 Å². The van der Waals surface area contributed by atoms with Crippen molar-refractivity contribution < 1.29 is 4.52 Å². The van der Waals surface area contributed by atoms with Gasteiger partial charge in [-0.25, -0.2) is 0 Å². The van der Waals surface area contributed by atoms with Crippen LogP contribution in [0.5, 0.6) is 0 Å². The summed E-state index contributed by atoms with van der Waals surface area (Å²) in [5, 5.41) is 7.54. The number of nitrogens with one attached hydrogen (secondary N) is 1. The van der Waals surface area contributed by atoms with E-state index < -0.39 is 0 Å². The monoisotopic (exact) mass is 277 g/mol. The number of nitrogens with zero attached hydrogens (tertiary/aromatic N) is 2. The van der Waals surface area contributed by atoms with Crippen molar-refractivity contribution in [2.75, 3.05) is 13.1 Å². The molecule has 0 bridgehead atoms. The Hall–Kier alpha value is -0.870. The molecule has 0 unspecified atom stereocenters. The fraction of sp³-hybridized carbons (Fsp3) is 0.812. The largest absolute Gasteiger partial charge is 0.360 e. The van der Waals surface area contributed by atoms with Crippen molar-refractivity contribution in [1.29, 1.82) is 0 Å². The Morgan fingerprint density at radius 3 is 2.45 bits per heavy atom. The summed E-state index contributed by atoms with van der Waals surface area (Å²) in [6, 6.07) is 2.60. The van der Waals surface area contributed by atoms with Gasteiger partial charge in [-0.2, -0.15) is 0 Å². The molecule has 1 heterocycles. The molecule has 0 amide bonds. The van der Waals surface area contributed by atoms with Crippen molar-refractivity contribution >= 4 is 0 Å². The third-order valence-electron chi connectivity index (χ3n) is 4.11. The molecule has 2 aliphatic carbocycles. The van der Waals surface area contributed by atoms with Crippen LogP contribution < -0.4 is 5.32 Å². The highest BCUT2D eigenvalue weighted by Crippen LogP contribution is 2.34. The molecule has 20 heavy (non-hydrogen) atoms. The van der Waals surface area contributed by atoms with E-state index >= 15 is 0 Å². The third kappa shape index (κ3) is 4.60. The van der Waals surface area contributed by atoms with Gasteiger partial charge >= 0.3 is 0 Å². The molecule has 1 N–H and O–H groups in total. The minimum absolute atomic E-state index is 0.483. The molecule has 3 rings (SSSR count). The van der Waals surface area contributed by atoms with Crippen molar-refractivity contribution in [3.05, 3.63) is 17.5 Å². The van der Waals surface area contributed by atoms with Gasteiger partial charge in [-0.15, -0.1) is 0 Å². The van der Waals surface area contributed by atoms with Crippen LogP contribution in [0.4, 0.5) is 0 Å². The number of aromatic nitrogens is 1. The van der Waals surface area contributed by atoms with Gasteiger partial charge in [-0.3, -0.25) is 4.90 Å². The lowest BCUT2D eigenvalue weighted by Gasteiger charge is -2.20.